The van der Waals surface area contributed by atoms with E-state index in [0.29, 0.717) is 12.1 Å². The van der Waals surface area contributed by atoms with Gasteiger partial charge in [-0.05, 0) is 40.0 Å². The second-order valence-electron chi connectivity index (χ2n) is 5.87. The van der Waals surface area contributed by atoms with Crippen LogP contribution in [0.5, 0.6) is 0 Å². The summed E-state index contributed by atoms with van der Waals surface area (Å²) in [5.41, 5.74) is 2.85. The predicted molar refractivity (Wildman–Crippen MR) is 90.7 cm³/mol. The highest BCUT2D eigenvalue weighted by molar-refractivity contribution is 9.10. The summed E-state index contributed by atoms with van der Waals surface area (Å²) in [6.07, 6.45) is 0. The van der Waals surface area contributed by atoms with Crippen molar-refractivity contribution in [3.05, 3.63) is 69.7 Å². The molecule has 0 aliphatic rings. The fourth-order valence-electron chi connectivity index (χ4n) is 2.21. The maximum Gasteiger partial charge on any atom is 0.252 e. The van der Waals surface area contributed by atoms with Crippen LogP contribution in [0.25, 0.3) is 0 Å². The monoisotopic (exact) mass is 345 g/mol. The van der Waals surface area contributed by atoms with E-state index in [1.807, 2.05) is 43.3 Å². The number of rotatable bonds is 4. The fourth-order valence-corrected chi connectivity index (χ4v) is 2.66. The van der Waals surface area contributed by atoms with E-state index in [1.54, 1.807) is 0 Å². The second kappa shape index (κ2) is 6.44. The van der Waals surface area contributed by atoms with Gasteiger partial charge < -0.3 is 5.32 Å². The first kappa shape index (κ1) is 15.8. The molecule has 0 radical (unpaired) electrons. The van der Waals surface area contributed by atoms with Gasteiger partial charge in [-0.1, -0.05) is 56.3 Å². The van der Waals surface area contributed by atoms with Crippen LogP contribution in [0.2, 0.25) is 0 Å². The normalized spacial score (nSPS) is 11.2. The van der Waals surface area contributed by atoms with Crippen LogP contribution in [0.15, 0.2) is 53.0 Å². The van der Waals surface area contributed by atoms with Gasteiger partial charge in [0, 0.05) is 16.4 Å². The Hall–Kier alpha value is -1.61. The lowest BCUT2D eigenvalue weighted by atomic mass is 9.84. The second-order valence-corrected chi connectivity index (χ2v) is 6.66. The highest BCUT2D eigenvalue weighted by atomic mass is 79.9. The van der Waals surface area contributed by atoms with Gasteiger partial charge in [-0.15, -0.1) is 0 Å². The molecule has 1 amide bonds. The molecule has 3 heteroatoms. The van der Waals surface area contributed by atoms with Gasteiger partial charge in [0.05, 0.1) is 5.56 Å². The highest BCUT2D eigenvalue weighted by Crippen LogP contribution is 2.23. The minimum absolute atomic E-state index is 0.0467. The number of carbonyl (C=O) groups is 1. The van der Waals surface area contributed by atoms with Crippen LogP contribution in [0.3, 0.4) is 0 Å². The van der Waals surface area contributed by atoms with Crippen LogP contribution in [-0.2, 0) is 5.41 Å². The summed E-state index contributed by atoms with van der Waals surface area (Å²) in [6, 6.07) is 16.0. The number of nitrogens with one attached hydrogen (secondary N) is 1. The zero-order valence-corrected chi connectivity index (χ0v) is 14.2. The molecule has 21 heavy (non-hydrogen) atoms. The molecule has 2 aromatic carbocycles. The number of hydrogen-bond donors (Lipinski definition) is 1. The van der Waals surface area contributed by atoms with Crippen molar-refractivity contribution >= 4 is 21.8 Å². The molecule has 0 saturated carbocycles. The average molecular weight is 346 g/mol. The van der Waals surface area contributed by atoms with Gasteiger partial charge in [0.1, 0.15) is 0 Å². The standard InChI is InChI=1S/C18H20BrNO/c1-13-8-7-11-15(16(13)19)17(21)20-12-18(2,3)14-9-5-4-6-10-14/h4-11H,12H2,1-3H3,(H,20,21). The molecule has 0 unspecified atom stereocenters. The van der Waals surface area contributed by atoms with Gasteiger partial charge in [-0.3, -0.25) is 4.79 Å². The molecule has 0 spiro atoms. The number of benzene rings is 2. The summed E-state index contributed by atoms with van der Waals surface area (Å²) in [7, 11) is 0. The van der Waals surface area contributed by atoms with Crippen molar-refractivity contribution < 1.29 is 4.79 Å². The summed E-state index contributed by atoms with van der Waals surface area (Å²) < 4.78 is 0.861. The molecule has 0 aromatic heterocycles. The first-order chi connectivity index (χ1) is 9.92. The molecule has 0 heterocycles. The third-order valence-electron chi connectivity index (χ3n) is 3.68. The SMILES string of the molecule is Cc1cccc(C(=O)NCC(C)(C)c2ccccc2)c1Br. The van der Waals surface area contributed by atoms with Crippen molar-refractivity contribution in [3.63, 3.8) is 0 Å². The van der Waals surface area contributed by atoms with E-state index in [9.17, 15) is 4.79 Å². The molecule has 2 nitrogen and oxygen atoms in total. The van der Waals surface area contributed by atoms with E-state index in [2.05, 4.69) is 47.2 Å². The number of halogens is 1. The maximum atomic E-state index is 12.4. The Bertz CT molecular complexity index is 635. The summed E-state index contributed by atoms with van der Waals surface area (Å²) in [6.45, 7) is 6.84. The van der Waals surface area contributed by atoms with Crippen molar-refractivity contribution in [2.45, 2.75) is 26.2 Å². The minimum atomic E-state index is -0.104. The summed E-state index contributed by atoms with van der Waals surface area (Å²) >= 11 is 3.49. The van der Waals surface area contributed by atoms with Crippen LogP contribution in [0.4, 0.5) is 0 Å². The molecular formula is C18H20BrNO. The molecule has 2 aromatic rings. The van der Waals surface area contributed by atoms with Crippen LogP contribution < -0.4 is 5.32 Å². The number of aryl methyl sites for hydroxylation is 1. The quantitative estimate of drug-likeness (QED) is 0.870. The van der Waals surface area contributed by atoms with Crippen molar-refractivity contribution in [1.82, 2.24) is 5.32 Å². The molecular weight excluding hydrogens is 326 g/mol. The Morgan fingerprint density at radius 1 is 1.10 bits per heavy atom. The van der Waals surface area contributed by atoms with Gasteiger partial charge in [0.2, 0.25) is 0 Å². The Morgan fingerprint density at radius 2 is 1.76 bits per heavy atom. The first-order valence-electron chi connectivity index (χ1n) is 7.00. The number of amides is 1. The van der Waals surface area contributed by atoms with Crippen LogP contribution >= 0.6 is 15.9 Å². The van der Waals surface area contributed by atoms with Gasteiger partial charge in [0.15, 0.2) is 0 Å². The highest BCUT2D eigenvalue weighted by Gasteiger charge is 2.22. The zero-order valence-electron chi connectivity index (χ0n) is 12.6. The van der Waals surface area contributed by atoms with E-state index in [0.717, 1.165) is 10.0 Å². The van der Waals surface area contributed by atoms with Crippen LogP contribution in [-0.4, -0.2) is 12.5 Å². The predicted octanol–water partition coefficient (Wildman–Crippen LogP) is 4.47. The van der Waals surface area contributed by atoms with Crippen LogP contribution in [0, 0.1) is 6.92 Å². The summed E-state index contributed by atoms with van der Waals surface area (Å²) in [4.78, 5) is 12.4. The summed E-state index contributed by atoms with van der Waals surface area (Å²) in [5.74, 6) is -0.0467. The molecule has 0 aliphatic heterocycles. The lowest BCUT2D eigenvalue weighted by Crippen LogP contribution is -2.36. The van der Waals surface area contributed by atoms with Gasteiger partial charge in [0.25, 0.3) is 5.91 Å². The number of carbonyl (C=O) groups excluding carboxylic acids is 1. The molecule has 0 atom stereocenters. The minimum Gasteiger partial charge on any atom is -0.351 e. The smallest absolute Gasteiger partial charge is 0.252 e. The van der Waals surface area contributed by atoms with Gasteiger partial charge >= 0.3 is 0 Å². The van der Waals surface area contributed by atoms with Crippen LogP contribution in [0.1, 0.15) is 35.3 Å². The zero-order chi connectivity index (χ0) is 15.5. The molecule has 2 rings (SSSR count). The maximum absolute atomic E-state index is 12.4. The van der Waals surface area contributed by atoms with Gasteiger partial charge in [-0.2, -0.15) is 0 Å². The first-order valence-corrected chi connectivity index (χ1v) is 7.80. The Kier molecular flexibility index (Phi) is 4.84. The Balaban J connectivity index is 2.09. The molecule has 0 fully saturated rings. The largest absolute Gasteiger partial charge is 0.351 e. The summed E-state index contributed by atoms with van der Waals surface area (Å²) in [5, 5.41) is 3.04. The van der Waals surface area contributed by atoms with E-state index in [4.69, 9.17) is 0 Å². The van der Waals surface area contributed by atoms with Crippen molar-refractivity contribution in [1.29, 1.82) is 0 Å². The topological polar surface area (TPSA) is 29.1 Å². The number of hydrogen-bond acceptors (Lipinski definition) is 1. The average Bonchev–Trinajstić information content (AvgIpc) is 2.49. The molecule has 0 bridgehead atoms. The molecule has 1 N–H and O–H groups in total. The molecule has 0 saturated heterocycles. The third kappa shape index (κ3) is 3.73. The fraction of sp³-hybridized carbons (Fsp3) is 0.278. The molecule has 110 valence electrons. The van der Waals surface area contributed by atoms with E-state index < -0.39 is 0 Å². The molecule has 0 aliphatic carbocycles. The van der Waals surface area contributed by atoms with Crippen molar-refractivity contribution in [2.24, 2.45) is 0 Å². The lowest BCUT2D eigenvalue weighted by molar-refractivity contribution is 0.0945. The van der Waals surface area contributed by atoms with E-state index >= 15 is 0 Å². The van der Waals surface area contributed by atoms with E-state index in [1.165, 1.54) is 5.56 Å². The van der Waals surface area contributed by atoms with Crippen molar-refractivity contribution in [3.8, 4) is 0 Å². The Labute approximate surface area is 134 Å². The lowest BCUT2D eigenvalue weighted by Gasteiger charge is -2.25. The third-order valence-corrected chi connectivity index (χ3v) is 4.74. The van der Waals surface area contributed by atoms with Gasteiger partial charge in [-0.25, -0.2) is 0 Å². The Morgan fingerprint density at radius 3 is 2.43 bits per heavy atom. The van der Waals surface area contributed by atoms with E-state index in [-0.39, 0.29) is 11.3 Å². The van der Waals surface area contributed by atoms with Crippen molar-refractivity contribution in [2.75, 3.05) is 6.54 Å².